The van der Waals surface area contributed by atoms with Gasteiger partial charge in [0.05, 0.1) is 18.2 Å². The molecule has 90 valence electrons. The number of hydrogen-bond acceptors (Lipinski definition) is 4. The lowest BCUT2D eigenvalue weighted by Gasteiger charge is -2.09. The molecule has 2 N–H and O–H groups in total. The summed E-state index contributed by atoms with van der Waals surface area (Å²) in [6.45, 7) is 1.31. The predicted octanol–water partition coefficient (Wildman–Crippen LogP) is 1.36. The van der Waals surface area contributed by atoms with E-state index in [2.05, 4.69) is 0 Å². The van der Waals surface area contributed by atoms with Gasteiger partial charge in [-0.25, -0.2) is 4.79 Å². The maximum absolute atomic E-state index is 11.7. The van der Waals surface area contributed by atoms with Crippen molar-refractivity contribution in [2.24, 2.45) is 0 Å². The summed E-state index contributed by atoms with van der Waals surface area (Å²) in [5, 5.41) is 0. The van der Waals surface area contributed by atoms with Crippen LogP contribution >= 0.6 is 0 Å². The zero-order valence-corrected chi connectivity index (χ0v) is 9.39. The Morgan fingerprint density at radius 2 is 2.35 bits per heavy atom. The van der Waals surface area contributed by atoms with Crippen molar-refractivity contribution < 1.29 is 9.15 Å². The number of nitrogen functional groups attached to an aromatic ring is 1. The Bertz CT molecular complexity index is 593. The highest BCUT2D eigenvalue weighted by Crippen LogP contribution is 2.19. The zero-order valence-electron chi connectivity index (χ0n) is 9.39. The van der Waals surface area contributed by atoms with Crippen LogP contribution in [-0.2, 0) is 11.3 Å². The molecule has 0 radical (unpaired) electrons. The third-order valence-corrected chi connectivity index (χ3v) is 3.10. The Morgan fingerprint density at radius 1 is 1.47 bits per heavy atom. The number of nitrogens with two attached hydrogens (primary N) is 1. The first-order chi connectivity index (χ1) is 8.24. The second kappa shape index (κ2) is 3.92. The van der Waals surface area contributed by atoms with E-state index in [4.69, 9.17) is 14.9 Å². The number of oxazole rings is 1. The van der Waals surface area contributed by atoms with Crippen molar-refractivity contribution in [2.75, 3.05) is 12.3 Å². The van der Waals surface area contributed by atoms with E-state index in [0.717, 1.165) is 25.0 Å². The molecule has 2 aromatic rings. The van der Waals surface area contributed by atoms with Gasteiger partial charge in [-0.1, -0.05) is 0 Å². The van der Waals surface area contributed by atoms with Crippen LogP contribution in [0.4, 0.5) is 5.69 Å². The summed E-state index contributed by atoms with van der Waals surface area (Å²) in [5.74, 6) is -0.346. The molecule has 1 aliphatic rings. The average molecular weight is 234 g/mol. The minimum Gasteiger partial charge on any atom is -0.408 e. The van der Waals surface area contributed by atoms with Gasteiger partial charge in [-0.3, -0.25) is 4.57 Å². The largest absolute Gasteiger partial charge is 0.420 e. The second-order valence-corrected chi connectivity index (χ2v) is 4.34. The van der Waals surface area contributed by atoms with Crippen molar-refractivity contribution in [2.45, 2.75) is 25.5 Å². The third kappa shape index (κ3) is 1.82. The van der Waals surface area contributed by atoms with Crippen molar-refractivity contribution in [3.63, 3.8) is 0 Å². The van der Waals surface area contributed by atoms with E-state index in [-0.39, 0.29) is 11.9 Å². The Labute approximate surface area is 97.8 Å². The van der Waals surface area contributed by atoms with Gasteiger partial charge in [0.25, 0.3) is 0 Å². The molecule has 1 aromatic heterocycles. The molecule has 3 rings (SSSR count). The quantitative estimate of drug-likeness (QED) is 0.796. The highest BCUT2D eigenvalue weighted by atomic mass is 16.5. The summed E-state index contributed by atoms with van der Waals surface area (Å²) < 4.78 is 12.3. The minimum absolute atomic E-state index is 0.106. The van der Waals surface area contributed by atoms with Crippen molar-refractivity contribution >= 4 is 16.8 Å². The molecule has 0 amide bonds. The number of ether oxygens (including phenoxy) is 1. The molecule has 1 unspecified atom stereocenters. The molecule has 17 heavy (non-hydrogen) atoms. The van der Waals surface area contributed by atoms with Crippen LogP contribution < -0.4 is 11.5 Å². The van der Waals surface area contributed by atoms with Gasteiger partial charge in [-0.05, 0) is 31.0 Å². The molecule has 0 saturated carbocycles. The van der Waals surface area contributed by atoms with Crippen LogP contribution in [0.1, 0.15) is 12.8 Å². The van der Waals surface area contributed by atoms with Crippen LogP contribution in [0, 0.1) is 0 Å². The number of anilines is 1. The zero-order chi connectivity index (χ0) is 11.8. The highest BCUT2D eigenvalue weighted by molar-refractivity contribution is 5.76. The lowest BCUT2D eigenvalue weighted by atomic mass is 10.2. The van der Waals surface area contributed by atoms with Crippen molar-refractivity contribution in [3.8, 4) is 0 Å². The number of nitrogens with zero attached hydrogens (tertiary/aromatic N) is 1. The number of fused-ring (bicyclic) bond motifs is 1. The molecule has 2 heterocycles. The van der Waals surface area contributed by atoms with Gasteiger partial charge in [0.15, 0.2) is 5.58 Å². The third-order valence-electron chi connectivity index (χ3n) is 3.10. The second-order valence-electron chi connectivity index (χ2n) is 4.34. The molecule has 1 aliphatic heterocycles. The monoisotopic (exact) mass is 234 g/mol. The Morgan fingerprint density at radius 3 is 3.12 bits per heavy atom. The van der Waals surface area contributed by atoms with E-state index < -0.39 is 0 Å². The molecule has 1 fully saturated rings. The summed E-state index contributed by atoms with van der Waals surface area (Å²) in [6, 6.07) is 5.20. The summed E-state index contributed by atoms with van der Waals surface area (Å²) in [6.07, 6.45) is 2.15. The summed E-state index contributed by atoms with van der Waals surface area (Å²) in [5.41, 5.74) is 7.66. The average Bonchev–Trinajstić information content (AvgIpc) is 2.90. The number of hydrogen-bond donors (Lipinski definition) is 1. The van der Waals surface area contributed by atoms with Crippen molar-refractivity contribution in [1.82, 2.24) is 4.57 Å². The molecule has 5 heteroatoms. The van der Waals surface area contributed by atoms with Crippen molar-refractivity contribution in [3.05, 3.63) is 28.7 Å². The molecular weight excluding hydrogens is 220 g/mol. The number of rotatable bonds is 2. The SMILES string of the molecule is Nc1ccc2oc(=O)n(CC3CCCO3)c2c1. The van der Waals surface area contributed by atoms with E-state index in [1.807, 2.05) is 0 Å². The topological polar surface area (TPSA) is 70.4 Å². The van der Waals surface area contributed by atoms with Crippen LogP contribution in [0.15, 0.2) is 27.4 Å². The molecule has 1 aromatic carbocycles. The normalized spacial score (nSPS) is 20.1. The van der Waals surface area contributed by atoms with E-state index in [9.17, 15) is 4.79 Å². The van der Waals surface area contributed by atoms with Gasteiger partial charge in [-0.15, -0.1) is 0 Å². The van der Waals surface area contributed by atoms with Gasteiger partial charge in [0.2, 0.25) is 0 Å². The fourth-order valence-electron chi connectivity index (χ4n) is 2.24. The van der Waals surface area contributed by atoms with Gasteiger partial charge in [0.1, 0.15) is 0 Å². The lowest BCUT2D eigenvalue weighted by molar-refractivity contribution is 0.0962. The maximum atomic E-state index is 11.7. The molecule has 0 aliphatic carbocycles. The molecular formula is C12H14N2O3. The molecule has 1 saturated heterocycles. The first-order valence-electron chi connectivity index (χ1n) is 5.74. The minimum atomic E-state index is -0.346. The molecule has 0 bridgehead atoms. The van der Waals surface area contributed by atoms with Gasteiger partial charge in [-0.2, -0.15) is 0 Å². The van der Waals surface area contributed by atoms with Crippen LogP contribution in [0.25, 0.3) is 11.1 Å². The van der Waals surface area contributed by atoms with Crippen LogP contribution in [0.5, 0.6) is 0 Å². The smallest absolute Gasteiger partial charge is 0.408 e. The van der Waals surface area contributed by atoms with Gasteiger partial charge in [0, 0.05) is 12.3 Å². The van der Waals surface area contributed by atoms with Crippen molar-refractivity contribution in [1.29, 1.82) is 0 Å². The van der Waals surface area contributed by atoms with Crippen LogP contribution in [0.2, 0.25) is 0 Å². The summed E-state index contributed by atoms with van der Waals surface area (Å²) in [7, 11) is 0. The molecule has 5 nitrogen and oxygen atoms in total. The summed E-state index contributed by atoms with van der Waals surface area (Å²) in [4.78, 5) is 11.7. The maximum Gasteiger partial charge on any atom is 0.420 e. The number of aromatic nitrogens is 1. The van der Waals surface area contributed by atoms with E-state index in [1.165, 1.54) is 0 Å². The fourth-order valence-corrected chi connectivity index (χ4v) is 2.24. The first kappa shape index (κ1) is 10.4. The fraction of sp³-hybridized carbons (Fsp3) is 0.417. The van der Waals surface area contributed by atoms with Crippen LogP contribution in [-0.4, -0.2) is 17.3 Å². The van der Waals surface area contributed by atoms with E-state index in [0.29, 0.717) is 17.8 Å². The Hall–Kier alpha value is -1.75. The molecule has 0 spiro atoms. The van der Waals surface area contributed by atoms with Gasteiger partial charge >= 0.3 is 5.76 Å². The van der Waals surface area contributed by atoms with Crippen LogP contribution in [0.3, 0.4) is 0 Å². The number of benzene rings is 1. The van der Waals surface area contributed by atoms with Gasteiger partial charge < -0.3 is 14.9 Å². The highest BCUT2D eigenvalue weighted by Gasteiger charge is 2.19. The van der Waals surface area contributed by atoms with E-state index >= 15 is 0 Å². The Kier molecular flexibility index (Phi) is 2.40. The Balaban J connectivity index is 2.04. The standard InChI is InChI=1S/C12H14N2O3/c13-8-3-4-11-10(6-8)14(12(15)17-11)7-9-2-1-5-16-9/h3-4,6,9H,1-2,5,7,13H2. The molecule has 1 atom stereocenters. The lowest BCUT2D eigenvalue weighted by Crippen LogP contribution is -2.22. The van der Waals surface area contributed by atoms with E-state index in [1.54, 1.807) is 22.8 Å². The summed E-state index contributed by atoms with van der Waals surface area (Å²) >= 11 is 0. The predicted molar refractivity (Wildman–Crippen MR) is 63.9 cm³/mol. The first-order valence-corrected chi connectivity index (χ1v) is 5.74.